The van der Waals surface area contributed by atoms with Crippen molar-refractivity contribution in [2.75, 3.05) is 66.1 Å². The van der Waals surface area contributed by atoms with Gasteiger partial charge < -0.3 is 290 Å². The second kappa shape index (κ2) is 46.1. The number of nitrogens with two attached hydrogens (primary N) is 2. The number of carbonyl (C=O) groups is 2. The molecule has 62 nitrogen and oxygen atoms in total. The lowest BCUT2D eigenvalue weighted by Crippen LogP contribution is -2.71. The molecule has 0 unspecified atom stereocenters. The monoisotopic (exact) mass is 1950 g/mol. The van der Waals surface area contributed by atoms with Crippen molar-refractivity contribution in [3.8, 4) is 0 Å². The highest BCUT2D eigenvalue weighted by Crippen LogP contribution is 2.47. The molecular formula is C68H117N2O60P. The maximum atomic E-state index is 14.3. The molecule has 10 heterocycles. The van der Waals surface area contributed by atoms with E-state index in [-0.39, 0.29) is 0 Å². The SMILES string of the molecule is N[C@@H]1[C@@H](O)[C@H](O)[C@@H](CO[C@@H]2O[C@H](CO[C@]3(C(=O)O)C[C@@H](O[C@]4(C(=O)O)C[C@@H](O)[C@@H](O)[C@@H]([C@H](O)CO)O4)[C@@H](O[C@H]4O[C@H]([C@@H](O)CO)[C@@H](O[C@@H]5O[C@H](CO)[C@@H](O)[C@H](O)[C@H]5O)[C@H](O[C@H]5O[C@H]([C@@H](O)CO[C@H]6O[C@H]([C@@H](O)CO[C@H]7O[C@H]([C@H](O)CO)[C@@H](O)[C@H](O)[C@@H]7O)[C@@H](O)[C@H](O)[C@@H]6O)[C@@H](O)[C@H](O)[C@@H]5O[C@@H]5O[C@H](CO)[C@@H](O)[C@H](O)[C@H]5O)[C@@H]4O)[C@@H]([C@H](O)CO)O3)[C@@H](OP(=O)(O)O)[C@H](O)[C@H]2N)O[C@@H]1O. The predicted octanol–water partition coefficient (Wildman–Crippen LogP) is -25.6. The average molecular weight is 1950 g/mol. The summed E-state index contributed by atoms with van der Waals surface area (Å²) in [4.78, 5) is 48.5. The number of phosphoric ester groups is 1. The number of aliphatic hydroxyl groups excluding tert-OH is 33. The average Bonchev–Trinajstić information content (AvgIpc) is 0.738. The first-order valence-corrected chi connectivity index (χ1v) is 42.1. The molecule has 0 saturated carbocycles. The zero-order valence-electron chi connectivity index (χ0n) is 68.0. The summed E-state index contributed by atoms with van der Waals surface area (Å²) in [7, 11) is -5.92. The molecule has 10 aliphatic rings. The third-order valence-corrected chi connectivity index (χ3v) is 24.3. The van der Waals surface area contributed by atoms with E-state index in [4.69, 9.17) is 106 Å². The molecular weight excluding hydrogens is 1840 g/mol. The van der Waals surface area contributed by atoms with Gasteiger partial charge in [-0.05, 0) is 0 Å². The van der Waals surface area contributed by atoms with Crippen LogP contribution in [0.2, 0.25) is 0 Å². The molecule has 131 heavy (non-hydrogen) atoms. The Morgan fingerprint density at radius 1 is 0.344 bits per heavy atom. The van der Waals surface area contributed by atoms with Gasteiger partial charge in [-0.15, -0.1) is 0 Å². The number of carboxylic acids is 2. The lowest BCUT2D eigenvalue weighted by molar-refractivity contribution is -0.421. The molecule has 0 amide bonds. The van der Waals surface area contributed by atoms with Crippen molar-refractivity contribution in [2.24, 2.45) is 11.5 Å². The Morgan fingerprint density at radius 3 is 1.24 bits per heavy atom. The van der Waals surface area contributed by atoms with Crippen LogP contribution in [0.3, 0.4) is 0 Å². The maximum Gasteiger partial charge on any atom is 0.470 e. The highest BCUT2D eigenvalue weighted by molar-refractivity contribution is 7.46. The van der Waals surface area contributed by atoms with Crippen LogP contribution in [0.4, 0.5) is 0 Å². The number of carboxylic acid groups (broad SMARTS) is 2. The highest BCUT2D eigenvalue weighted by atomic mass is 31.2. The molecule has 10 fully saturated rings. The van der Waals surface area contributed by atoms with Crippen molar-refractivity contribution in [1.29, 1.82) is 0 Å². The zero-order chi connectivity index (χ0) is 97.3. The van der Waals surface area contributed by atoms with Gasteiger partial charge in [0.15, 0.2) is 50.3 Å². The van der Waals surface area contributed by atoms with Crippen LogP contribution >= 0.6 is 7.82 Å². The van der Waals surface area contributed by atoms with Crippen LogP contribution in [-0.4, -0.2) is 597 Å². The third-order valence-electron chi connectivity index (χ3n) is 23.8. The highest BCUT2D eigenvalue weighted by Gasteiger charge is 2.66. The smallest absolute Gasteiger partial charge is 0.470 e. The molecule has 0 radical (unpaired) electrons. The Bertz CT molecular complexity index is 3590. The minimum absolute atomic E-state index is 0.980. The molecule has 0 aromatic carbocycles. The van der Waals surface area contributed by atoms with Crippen LogP contribution in [0.15, 0.2) is 0 Å². The Hall–Kier alpha value is -3.11. The second-order valence-corrected chi connectivity index (χ2v) is 33.9. The Balaban J connectivity index is 1.05. The molecule has 0 aromatic rings. The molecule has 10 saturated heterocycles. The molecule has 54 atom stereocenters. The third kappa shape index (κ3) is 23.9. The largest absolute Gasteiger partial charge is 0.477 e. The van der Waals surface area contributed by atoms with E-state index < -0.39 is 429 Å². The van der Waals surface area contributed by atoms with Gasteiger partial charge in [-0.3, -0.25) is 4.52 Å². The fourth-order valence-corrected chi connectivity index (χ4v) is 16.8. The Kier molecular flexibility index (Phi) is 38.7. The number of rotatable bonds is 38. The van der Waals surface area contributed by atoms with Crippen molar-refractivity contribution < 1.29 is 297 Å². The Labute approximate surface area is 735 Å². The van der Waals surface area contributed by atoms with E-state index in [0.717, 1.165) is 0 Å². The second-order valence-electron chi connectivity index (χ2n) is 32.7. The van der Waals surface area contributed by atoms with E-state index in [1.165, 1.54) is 0 Å². The fourth-order valence-electron chi connectivity index (χ4n) is 16.2. The normalized spacial score (nSPS) is 48.9. The number of hydrogen-bond donors (Lipinski definition) is 39. The summed E-state index contributed by atoms with van der Waals surface area (Å²) in [6, 6.07) is -3.63. The minimum atomic E-state index is -5.92. The molecule has 0 spiro atoms. The lowest BCUT2D eigenvalue weighted by atomic mass is 9.89. The van der Waals surface area contributed by atoms with Crippen LogP contribution in [-0.2, 0) is 109 Å². The van der Waals surface area contributed by atoms with Gasteiger partial charge in [0.1, 0.15) is 244 Å². The van der Waals surface area contributed by atoms with Crippen LogP contribution in [0, 0.1) is 0 Å². The van der Waals surface area contributed by atoms with Gasteiger partial charge in [0, 0.05) is 12.8 Å². The van der Waals surface area contributed by atoms with Gasteiger partial charge in [0.2, 0.25) is 0 Å². The van der Waals surface area contributed by atoms with Crippen LogP contribution < -0.4 is 11.5 Å². The predicted molar refractivity (Wildman–Crippen MR) is 391 cm³/mol. The van der Waals surface area contributed by atoms with E-state index in [1.807, 2.05) is 0 Å². The zero-order valence-corrected chi connectivity index (χ0v) is 68.9. The first kappa shape index (κ1) is 110. The summed E-state index contributed by atoms with van der Waals surface area (Å²) in [5.41, 5.74) is 11.8. The summed E-state index contributed by atoms with van der Waals surface area (Å²) in [5, 5.41) is 388. The van der Waals surface area contributed by atoms with Crippen LogP contribution in [0.5, 0.6) is 0 Å². The van der Waals surface area contributed by atoms with Gasteiger partial charge in [0.25, 0.3) is 11.6 Å². The van der Waals surface area contributed by atoms with Crippen molar-refractivity contribution in [1.82, 2.24) is 0 Å². The van der Waals surface area contributed by atoms with Crippen molar-refractivity contribution in [3.63, 3.8) is 0 Å². The summed E-state index contributed by atoms with van der Waals surface area (Å²) in [6.07, 6.45) is -125. The Morgan fingerprint density at radius 2 is 0.748 bits per heavy atom. The fraction of sp³-hybridized carbons (Fsp3) is 0.971. The first-order valence-electron chi connectivity index (χ1n) is 40.5. The standard InChI is InChI=1S/C68H117N2O60P/c69-25-31(88)30(87)23(115-57(25)103)11-113-58-26(70)32(89)52(130-131(108,109)110)24(118-58)12-114-67(65(104)105)2-20(127-68(66(106)107)1-13(77)27(84)49(128-68)15(79)4-72)53(51(129-67)17(81)6-74)123-63-45(102)54(56(50(122-63)16(80)5-73)126-62-44(101)34(91)29(86)22(8-76)117-62)124-64-55(125-61-43(100)33(90)28(85)21(7-75)116-61)40(97)39(96)48(121-64)19(83)10-112-60-42(99)36(93)38(95)47(120-60)18(82)9-111-59-41(98)35(92)37(94)46(119-59)14(78)3-71/h13-64,71-103H,1-12,69-70H2,(H,104,105)(H,106,107)(H2,108,109,110)/t13-,14-,15-,16+,17-,18+,19+,20-,21-,22-,23-,24-,25-,26-,27-,28-,29-,30-,31-,32-,33+,34+,35+,36+,37+,38+,39+,40+,41+,42+,43-,44-,45+,46-,47-,48-,49-,50-,51-,52-,53-,54-,55+,56-,57+,58-,59+,60+,61+,62+,63-,64-,67-,68-/m1/s1. The first-order chi connectivity index (χ1) is 61.4. The summed E-state index contributed by atoms with van der Waals surface area (Å²) in [6.45, 7) is -13.5. The number of aliphatic carboxylic acids is 2. The molecule has 0 bridgehead atoms. The van der Waals surface area contributed by atoms with E-state index in [9.17, 15) is 203 Å². The number of ether oxygens (including phenoxy) is 19. The summed E-state index contributed by atoms with van der Waals surface area (Å²) in [5.74, 6) is -12.5. The van der Waals surface area contributed by atoms with Crippen molar-refractivity contribution in [2.45, 2.75) is 343 Å². The van der Waals surface area contributed by atoms with E-state index in [1.54, 1.807) is 0 Å². The van der Waals surface area contributed by atoms with Crippen LogP contribution in [0.25, 0.3) is 0 Å². The maximum absolute atomic E-state index is 14.3. The number of aliphatic hydroxyl groups is 33. The minimum Gasteiger partial charge on any atom is -0.477 e. The molecule has 10 aliphatic heterocycles. The molecule has 0 aromatic heterocycles. The lowest BCUT2D eigenvalue weighted by Gasteiger charge is -2.53. The van der Waals surface area contributed by atoms with Gasteiger partial charge >= 0.3 is 19.8 Å². The molecule has 10 rings (SSSR count). The van der Waals surface area contributed by atoms with Gasteiger partial charge in [-0.1, -0.05) is 0 Å². The number of hydrogen-bond acceptors (Lipinski definition) is 58. The molecule has 41 N–H and O–H groups in total. The summed E-state index contributed by atoms with van der Waals surface area (Å²) >= 11 is 0. The molecule has 63 heteroatoms. The van der Waals surface area contributed by atoms with Crippen LogP contribution in [0.1, 0.15) is 12.8 Å². The summed E-state index contributed by atoms with van der Waals surface area (Å²) < 4.78 is 127. The van der Waals surface area contributed by atoms with Gasteiger partial charge in [0.05, 0.1) is 90.4 Å². The van der Waals surface area contributed by atoms with Gasteiger partial charge in [-0.25, -0.2) is 14.2 Å². The number of phosphoric acid groups is 1. The van der Waals surface area contributed by atoms with E-state index in [0.29, 0.717) is 0 Å². The molecule has 0 aliphatic carbocycles. The topological polar surface area (TPSA) is 1040 Å². The van der Waals surface area contributed by atoms with E-state index >= 15 is 0 Å². The van der Waals surface area contributed by atoms with Crippen molar-refractivity contribution >= 4 is 19.8 Å². The quantitative estimate of drug-likeness (QED) is 0.0255. The van der Waals surface area contributed by atoms with E-state index in [2.05, 4.69) is 0 Å². The molecule has 764 valence electrons. The van der Waals surface area contributed by atoms with Gasteiger partial charge in [-0.2, -0.15) is 0 Å². The van der Waals surface area contributed by atoms with Crippen molar-refractivity contribution in [3.05, 3.63) is 0 Å².